The topological polar surface area (TPSA) is 84.6 Å². The molecule has 0 aromatic heterocycles. The van der Waals surface area contributed by atoms with Crippen molar-refractivity contribution in [3.63, 3.8) is 0 Å². The molecule has 2 rings (SSSR count). The maximum absolute atomic E-state index is 12.7. The number of alkyl halides is 3. The summed E-state index contributed by atoms with van der Waals surface area (Å²) in [6, 6.07) is 9.28. The molecule has 0 atom stereocenters. The van der Waals surface area contributed by atoms with E-state index in [0.717, 1.165) is 33.9 Å². The number of nitro groups is 1. The molecule has 1 amide bonds. The Hall–Kier alpha value is -2.40. The van der Waals surface area contributed by atoms with Crippen LogP contribution in [0.1, 0.15) is 11.1 Å². The maximum Gasteiger partial charge on any atom is 0.416 e. The molecule has 2 aromatic rings. The van der Waals surface area contributed by atoms with Crippen molar-refractivity contribution in [2.45, 2.75) is 11.1 Å². The van der Waals surface area contributed by atoms with Crippen LogP contribution in [0.15, 0.2) is 56.9 Å². The average molecular weight is 462 g/mol. The molecule has 27 heavy (non-hydrogen) atoms. The van der Waals surface area contributed by atoms with Gasteiger partial charge in [-0.3, -0.25) is 14.9 Å². The SMILES string of the molecule is O=C(CSc1ccc(C(F)(F)F)cc1[N+](=O)[O-])N/N=C/c1ccc(Br)cc1. The summed E-state index contributed by atoms with van der Waals surface area (Å²) >= 11 is 4.03. The third kappa shape index (κ3) is 6.36. The van der Waals surface area contributed by atoms with Crippen LogP contribution in [-0.4, -0.2) is 22.8 Å². The fourth-order valence-corrected chi connectivity index (χ4v) is 2.92. The predicted molar refractivity (Wildman–Crippen MR) is 98.7 cm³/mol. The minimum absolute atomic E-state index is 0.0416. The van der Waals surface area contributed by atoms with E-state index >= 15 is 0 Å². The summed E-state index contributed by atoms with van der Waals surface area (Å²) in [5, 5.41) is 14.7. The fourth-order valence-electron chi connectivity index (χ4n) is 1.86. The lowest BCUT2D eigenvalue weighted by molar-refractivity contribution is -0.388. The summed E-state index contributed by atoms with van der Waals surface area (Å²) in [5.74, 6) is -0.799. The average Bonchev–Trinajstić information content (AvgIpc) is 2.60. The number of nitro benzene ring substituents is 1. The molecule has 0 fully saturated rings. The van der Waals surface area contributed by atoms with Crippen LogP contribution in [0.25, 0.3) is 0 Å². The molecular weight excluding hydrogens is 451 g/mol. The third-order valence-electron chi connectivity index (χ3n) is 3.11. The van der Waals surface area contributed by atoms with Gasteiger partial charge in [0, 0.05) is 10.5 Å². The number of hydrogen-bond acceptors (Lipinski definition) is 5. The smallest absolute Gasteiger partial charge is 0.272 e. The van der Waals surface area contributed by atoms with E-state index in [1.165, 1.54) is 6.21 Å². The van der Waals surface area contributed by atoms with Crippen molar-refractivity contribution in [3.05, 3.63) is 68.2 Å². The number of rotatable bonds is 6. The van der Waals surface area contributed by atoms with Crippen LogP contribution in [0, 0.1) is 10.1 Å². The van der Waals surface area contributed by atoms with E-state index in [2.05, 4.69) is 26.5 Å². The Morgan fingerprint density at radius 3 is 2.52 bits per heavy atom. The van der Waals surface area contributed by atoms with E-state index in [4.69, 9.17) is 0 Å². The lowest BCUT2D eigenvalue weighted by Crippen LogP contribution is -2.19. The van der Waals surface area contributed by atoms with E-state index in [0.29, 0.717) is 6.07 Å². The van der Waals surface area contributed by atoms with E-state index in [1.807, 2.05) is 0 Å². The summed E-state index contributed by atoms with van der Waals surface area (Å²) in [5.41, 5.74) is 1.16. The van der Waals surface area contributed by atoms with E-state index in [9.17, 15) is 28.1 Å². The summed E-state index contributed by atoms with van der Waals surface area (Å²) < 4.78 is 38.9. The Morgan fingerprint density at radius 1 is 1.26 bits per heavy atom. The van der Waals surface area contributed by atoms with Crippen molar-refractivity contribution in [3.8, 4) is 0 Å². The Kier molecular flexibility index (Phi) is 6.97. The lowest BCUT2D eigenvalue weighted by Gasteiger charge is -2.08. The first kappa shape index (κ1) is 20.9. The van der Waals surface area contributed by atoms with Gasteiger partial charge in [0.2, 0.25) is 5.91 Å². The van der Waals surface area contributed by atoms with Crippen LogP contribution < -0.4 is 5.43 Å². The first-order valence-electron chi connectivity index (χ1n) is 7.23. The molecule has 0 heterocycles. The second kappa shape index (κ2) is 9.00. The zero-order valence-electron chi connectivity index (χ0n) is 13.4. The van der Waals surface area contributed by atoms with Crippen molar-refractivity contribution in [1.82, 2.24) is 5.43 Å². The maximum atomic E-state index is 12.7. The van der Waals surface area contributed by atoms with Crippen molar-refractivity contribution in [2.75, 3.05) is 5.75 Å². The molecule has 0 aliphatic carbocycles. The highest BCUT2D eigenvalue weighted by Crippen LogP contribution is 2.36. The van der Waals surface area contributed by atoms with Crippen LogP contribution in [0.4, 0.5) is 18.9 Å². The van der Waals surface area contributed by atoms with E-state index < -0.39 is 28.3 Å². The molecule has 0 spiro atoms. The van der Waals surface area contributed by atoms with Crippen LogP contribution in [-0.2, 0) is 11.0 Å². The van der Waals surface area contributed by atoms with Gasteiger partial charge < -0.3 is 0 Å². The van der Waals surface area contributed by atoms with Crippen molar-refractivity contribution >= 4 is 45.5 Å². The summed E-state index contributed by atoms with van der Waals surface area (Å²) in [6.45, 7) is 0. The van der Waals surface area contributed by atoms with E-state index in [1.54, 1.807) is 24.3 Å². The minimum atomic E-state index is -4.69. The number of benzene rings is 2. The van der Waals surface area contributed by atoms with Gasteiger partial charge in [0.25, 0.3) is 5.69 Å². The lowest BCUT2D eigenvalue weighted by atomic mass is 10.2. The van der Waals surface area contributed by atoms with Gasteiger partial charge in [0.05, 0.1) is 27.3 Å². The highest BCUT2D eigenvalue weighted by molar-refractivity contribution is 9.10. The monoisotopic (exact) mass is 461 g/mol. The van der Waals surface area contributed by atoms with Crippen molar-refractivity contribution in [2.24, 2.45) is 5.10 Å². The first-order chi connectivity index (χ1) is 12.7. The standard InChI is InChI=1S/C16H11BrF3N3O3S/c17-12-4-1-10(2-5-12)8-21-22-15(24)9-27-14-6-3-11(16(18,19)20)7-13(14)23(25)26/h1-8H,9H2,(H,22,24)/b21-8+. The molecular formula is C16H11BrF3N3O3S. The van der Waals surface area contributed by atoms with Gasteiger partial charge in [-0.15, -0.1) is 11.8 Å². The molecule has 2 aromatic carbocycles. The number of thioether (sulfide) groups is 1. The number of amides is 1. The van der Waals surface area contributed by atoms with Crippen LogP contribution >= 0.6 is 27.7 Å². The minimum Gasteiger partial charge on any atom is -0.272 e. The zero-order valence-corrected chi connectivity index (χ0v) is 15.8. The summed E-state index contributed by atoms with van der Waals surface area (Å²) in [7, 11) is 0. The van der Waals surface area contributed by atoms with Crippen LogP contribution in [0.2, 0.25) is 0 Å². The zero-order chi connectivity index (χ0) is 20.0. The van der Waals surface area contributed by atoms with Crippen LogP contribution in [0.3, 0.4) is 0 Å². The molecule has 0 radical (unpaired) electrons. The molecule has 142 valence electrons. The van der Waals surface area contributed by atoms with Gasteiger partial charge in [-0.1, -0.05) is 28.1 Å². The van der Waals surface area contributed by atoms with Crippen LogP contribution in [0.5, 0.6) is 0 Å². The largest absolute Gasteiger partial charge is 0.416 e. The molecule has 1 N–H and O–H groups in total. The number of hydrogen-bond donors (Lipinski definition) is 1. The molecule has 0 saturated heterocycles. The Labute approximate surface area is 164 Å². The highest BCUT2D eigenvalue weighted by atomic mass is 79.9. The normalized spacial score (nSPS) is 11.6. The number of hydrazone groups is 1. The molecule has 11 heteroatoms. The Bertz CT molecular complexity index is 873. The number of carbonyl (C=O) groups excluding carboxylic acids is 1. The van der Waals surface area contributed by atoms with Gasteiger partial charge in [-0.25, -0.2) is 5.43 Å². The molecule has 0 bridgehead atoms. The molecule has 0 unspecified atom stereocenters. The Morgan fingerprint density at radius 2 is 1.93 bits per heavy atom. The molecule has 6 nitrogen and oxygen atoms in total. The highest BCUT2D eigenvalue weighted by Gasteiger charge is 2.33. The second-order valence-electron chi connectivity index (χ2n) is 5.07. The van der Waals surface area contributed by atoms with Gasteiger partial charge in [0.1, 0.15) is 0 Å². The van der Waals surface area contributed by atoms with Crippen molar-refractivity contribution < 1.29 is 22.9 Å². The molecule has 0 saturated carbocycles. The van der Waals surface area contributed by atoms with Gasteiger partial charge in [0.15, 0.2) is 0 Å². The summed E-state index contributed by atoms with van der Waals surface area (Å²) in [6.07, 6.45) is -3.28. The fraction of sp³-hybridized carbons (Fsp3) is 0.125. The third-order valence-corrected chi connectivity index (χ3v) is 4.71. The number of halogens is 4. The predicted octanol–water partition coefficient (Wildman–Crippen LogP) is 4.62. The quantitative estimate of drug-likeness (QED) is 0.294. The summed E-state index contributed by atoms with van der Waals surface area (Å²) in [4.78, 5) is 21.8. The number of nitrogens with zero attached hydrogens (tertiary/aromatic N) is 2. The van der Waals surface area contributed by atoms with Crippen molar-refractivity contribution in [1.29, 1.82) is 0 Å². The van der Waals surface area contributed by atoms with Gasteiger partial charge in [-0.05, 0) is 29.8 Å². The second-order valence-corrected chi connectivity index (χ2v) is 7.00. The van der Waals surface area contributed by atoms with E-state index in [-0.39, 0.29) is 10.6 Å². The first-order valence-corrected chi connectivity index (χ1v) is 9.00. The number of nitrogens with one attached hydrogen (secondary N) is 1. The Balaban J connectivity index is 1.98. The van der Waals surface area contributed by atoms with Gasteiger partial charge in [-0.2, -0.15) is 18.3 Å². The van der Waals surface area contributed by atoms with Gasteiger partial charge >= 0.3 is 6.18 Å². The molecule has 0 aliphatic heterocycles. The number of carbonyl (C=O) groups is 1. The molecule has 0 aliphatic rings.